The maximum Gasteiger partial charge on any atom is 0.250 e. The molecule has 4 heteroatoms. The normalized spacial score (nSPS) is 10.7. The van der Waals surface area contributed by atoms with Gasteiger partial charge in [0.25, 0.3) is 0 Å². The van der Waals surface area contributed by atoms with Crippen LogP contribution in [0.15, 0.2) is 85.7 Å². The van der Waals surface area contributed by atoms with Crippen molar-refractivity contribution >= 4 is 22.6 Å². The van der Waals surface area contributed by atoms with Gasteiger partial charge in [-0.2, -0.15) is 0 Å². The van der Waals surface area contributed by atoms with Gasteiger partial charge in [0.05, 0.1) is 0 Å². The third kappa shape index (κ3) is 3.13. The van der Waals surface area contributed by atoms with Crippen molar-refractivity contribution in [2.45, 2.75) is 0 Å². The molecule has 2 aromatic heterocycles. The molecule has 4 nitrogen and oxygen atoms in total. The highest BCUT2D eigenvalue weighted by molar-refractivity contribution is 6.01. The third-order valence-electron chi connectivity index (χ3n) is 4.69. The number of aromatic amines is 1. The topological polar surface area (TPSA) is 49.0 Å². The molecule has 4 aromatic rings. The van der Waals surface area contributed by atoms with Gasteiger partial charge in [0.2, 0.25) is 5.91 Å². The van der Waals surface area contributed by atoms with Gasteiger partial charge in [-0.3, -0.25) is 4.79 Å². The first-order valence-electron chi connectivity index (χ1n) is 8.70. The summed E-state index contributed by atoms with van der Waals surface area (Å²) in [4.78, 5) is 21.3. The van der Waals surface area contributed by atoms with E-state index in [0.29, 0.717) is 0 Å². The minimum Gasteiger partial charge on any atom is -0.346 e. The summed E-state index contributed by atoms with van der Waals surface area (Å²) in [7, 11) is 1.74. The molecule has 0 atom stereocenters. The fourth-order valence-corrected chi connectivity index (χ4v) is 3.18. The van der Waals surface area contributed by atoms with Crippen molar-refractivity contribution in [1.29, 1.82) is 0 Å². The lowest BCUT2D eigenvalue weighted by Gasteiger charge is -2.16. The Kier molecular flexibility index (Phi) is 4.30. The van der Waals surface area contributed by atoms with Crippen LogP contribution in [-0.2, 0) is 4.79 Å². The van der Waals surface area contributed by atoms with E-state index < -0.39 is 0 Å². The molecule has 0 fully saturated rings. The van der Waals surface area contributed by atoms with Crippen LogP contribution in [0, 0.1) is 0 Å². The van der Waals surface area contributed by atoms with Gasteiger partial charge in [-0.15, -0.1) is 0 Å². The molecule has 0 aliphatic rings. The number of hydrogen-bond donors (Lipinski definition) is 1. The van der Waals surface area contributed by atoms with Gasteiger partial charge in [-0.1, -0.05) is 49.0 Å². The smallest absolute Gasteiger partial charge is 0.250 e. The first kappa shape index (κ1) is 16.8. The predicted molar refractivity (Wildman–Crippen MR) is 111 cm³/mol. The number of likely N-dealkylation sites (N-methyl/N-ethyl adjacent to an activating group) is 1. The molecule has 0 aliphatic heterocycles. The molecular formula is C23H19N3O. The van der Waals surface area contributed by atoms with Gasteiger partial charge in [0, 0.05) is 41.6 Å². The van der Waals surface area contributed by atoms with Crippen LogP contribution >= 0.6 is 0 Å². The van der Waals surface area contributed by atoms with E-state index >= 15 is 0 Å². The quantitative estimate of drug-likeness (QED) is 0.522. The molecule has 0 spiro atoms. The van der Waals surface area contributed by atoms with Gasteiger partial charge in [0.1, 0.15) is 5.65 Å². The molecule has 4 rings (SSSR count). The molecular weight excluding hydrogens is 334 g/mol. The van der Waals surface area contributed by atoms with Crippen LogP contribution in [0.2, 0.25) is 0 Å². The number of amides is 1. The number of carbonyl (C=O) groups excluding carboxylic acids is 1. The molecule has 1 amide bonds. The number of benzene rings is 2. The Balaban J connectivity index is 1.79. The van der Waals surface area contributed by atoms with E-state index in [0.717, 1.165) is 39.0 Å². The van der Waals surface area contributed by atoms with Gasteiger partial charge in [-0.05, 0) is 35.4 Å². The summed E-state index contributed by atoms with van der Waals surface area (Å²) in [5.74, 6) is -0.141. The molecule has 2 aromatic carbocycles. The Morgan fingerprint density at radius 3 is 2.59 bits per heavy atom. The Morgan fingerprint density at radius 1 is 1.04 bits per heavy atom. The highest BCUT2D eigenvalue weighted by Gasteiger charge is 2.11. The molecule has 2 heterocycles. The fourth-order valence-electron chi connectivity index (χ4n) is 3.18. The van der Waals surface area contributed by atoms with Crippen LogP contribution in [0.5, 0.6) is 0 Å². The molecule has 0 aliphatic carbocycles. The Labute approximate surface area is 157 Å². The van der Waals surface area contributed by atoms with Gasteiger partial charge < -0.3 is 9.88 Å². The summed E-state index contributed by atoms with van der Waals surface area (Å²) in [5.41, 5.74) is 5.94. The summed E-state index contributed by atoms with van der Waals surface area (Å²) in [6.07, 6.45) is 5.15. The van der Waals surface area contributed by atoms with Crippen molar-refractivity contribution in [1.82, 2.24) is 9.97 Å². The fraction of sp³-hybridized carbons (Fsp3) is 0.0435. The Morgan fingerprint density at radius 2 is 1.81 bits per heavy atom. The number of hydrogen-bond acceptors (Lipinski definition) is 2. The first-order valence-corrected chi connectivity index (χ1v) is 8.70. The maximum absolute atomic E-state index is 11.9. The molecule has 0 saturated carbocycles. The number of nitrogens with one attached hydrogen (secondary N) is 1. The standard InChI is InChI=1S/C23H19N3O/c1-3-22(27)26(2)19-11-7-10-17(12-19)18-13-20-21(15-25-23(20)24-14-18)16-8-5-4-6-9-16/h3-15H,1H2,2H3,(H,24,25). The minimum absolute atomic E-state index is 0.141. The Hall–Kier alpha value is -3.66. The van der Waals surface area contributed by atoms with Gasteiger partial charge in [-0.25, -0.2) is 4.98 Å². The second kappa shape index (κ2) is 6.92. The molecule has 132 valence electrons. The second-order valence-electron chi connectivity index (χ2n) is 6.34. The number of carbonyl (C=O) groups is 1. The van der Waals surface area contributed by atoms with Crippen molar-refractivity contribution in [3.8, 4) is 22.3 Å². The van der Waals surface area contributed by atoms with E-state index in [2.05, 4.69) is 34.7 Å². The van der Waals surface area contributed by atoms with Crippen molar-refractivity contribution in [2.24, 2.45) is 0 Å². The molecule has 0 bridgehead atoms. The lowest BCUT2D eigenvalue weighted by Crippen LogP contribution is -2.23. The second-order valence-corrected chi connectivity index (χ2v) is 6.34. The van der Waals surface area contributed by atoms with Crippen molar-refractivity contribution in [2.75, 3.05) is 11.9 Å². The molecule has 27 heavy (non-hydrogen) atoms. The zero-order valence-corrected chi connectivity index (χ0v) is 15.0. The van der Waals surface area contributed by atoms with Crippen LogP contribution in [0.1, 0.15) is 0 Å². The summed E-state index contributed by atoms with van der Waals surface area (Å²) < 4.78 is 0. The van der Waals surface area contributed by atoms with Gasteiger partial charge in [0.15, 0.2) is 0 Å². The van der Waals surface area contributed by atoms with E-state index in [1.165, 1.54) is 6.08 Å². The van der Waals surface area contributed by atoms with Crippen LogP contribution in [0.4, 0.5) is 5.69 Å². The lowest BCUT2D eigenvalue weighted by atomic mass is 10.0. The highest BCUT2D eigenvalue weighted by atomic mass is 16.2. The van der Waals surface area contributed by atoms with E-state index in [1.54, 1.807) is 11.9 Å². The number of H-pyrrole nitrogens is 1. The summed E-state index contributed by atoms with van der Waals surface area (Å²) in [6.45, 7) is 3.55. The number of nitrogens with zero attached hydrogens (tertiary/aromatic N) is 2. The van der Waals surface area contributed by atoms with E-state index in [4.69, 9.17) is 0 Å². The van der Waals surface area contributed by atoms with E-state index in [-0.39, 0.29) is 5.91 Å². The molecule has 0 unspecified atom stereocenters. The molecule has 1 N–H and O–H groups in total. The maximum atomic E-state index is 11.9. The highest BCUT2D eigenvalue weighted by Crippen LogP contribution is 2.31. The van der Waals surface area contributed by atoms with E-state index in [1.807, 2.05) is 54.9 Å². The zero-order valence-electron chi connectivity index (χ0n) is 15.0. The molecule has 0 saturated heterocycles. The summed E-state index contributed by atoms with van der Waals surface area (Å²) >= 11 is 0. The minimum atomic E-state index is -0.141. The number of fused-ring (bicyclic) bond motifs is 1. The summed E-state index contributed by atoms with van der Waals surface area (Å²) in [6, 6.07) is 20.2. The van der Waals surface area contributed by atoms with E-state index in [9.17, 15) is 4.79 Å². The first-order chi connectivity index (χ1) is 13.2. The lowest BCUT2D eigenvalue weighted by molar-refractivity contribution is -0.113. The molecule has 0 radical (unpaired) electrons. The number of rotatable bonds is 4. The number of anilines is 1. The average Bonchev–Trinajstić information content (AvgIpc) is 3.16. The Bertz CT molecular complexity index is 1130. The number of pyridine rings is 1. The van der Waals surface area contributed by atoms with Crippen LogP contribution in [0.25, 0.3) is 33.3 Å². The van der Waals surface area contributed by atoms with Crippen LogP contribution in [-0.4, -0.2) is 22.9 Å². The zero-order chi connectivity index (χ0) is 18.8. The predicted octanol–water partition coefficient (Wildman–Crippen LogP) is 5.05. The SMILES string of the molecule is C=CC(=O)N(C)c1cccc(-c2cnc3[nH]cc(-c4ccccc4)c3c2)c1. The largest absolute Gasteiger partial charge is 0.346 e. The van der Waals surface area contributed by atoms with Crippen molar-refractivity contribution < 1.29 is 4.79 Å². The van der Waals surface area contributed by atoms with Crippen molar-refractivity contribution in [3.05, 3.63) is 85.7 Å². The van der Waals surface area contributed by atoms with Crippen LogP contribution < -0.4 is 4.90 Å². The van der Waals surface area contributed by atoms with Gasteiger partial charge >= 0.3 is 0 Å². The van der Waals surface area contributed by atoms with Crippen molar-refractivity contribution in [3.63, 3.8) is 0 Å². The average molecular weight is 353 g/mol. The van der Waals surface area contributed by atoms with Crippen LogP contribution in [0.3, 0.4) is 0 Å². The third-order valence-corrected chi connectivity index (χ3v) is 4.69. The summed E-state index contributed by atoms with van der Waals surface area (Å²) in [5, 5.41) is 1.07. The number of aromatic nitrogens is 2. The monoisotopic (exact) mass is 353 g/mol.